The van der Waals surface area contributed by atoms with Gasteiger partial charge in [-0.2, -0.15) is 0 Å². The number of aromatic nitrogens is 1. The maximum Gasteiger partial charge on any atom is 0.264 e. The first-order chi connectivity index (χ1) is 9.42. The molecule has 0 radical (unpaired) electrons. The van der Waals surface area contributed by atoms with Crippen molar-refractivity contribution in [1.82, 2.24) is 4.98 Å². The average Bonchev–Trinajstić information content (AvgIpc) is 2.41. The minimum Gasteiger partial charge on any atom is -0.388 e. The molecular formula is C12H10ClN3O2S2. The standard InChI is InChI=1S/C12H10ClN3O2S2/c13-8-4-1-2-5-9(8)16-20(17,18)10-6-3-7-15-11(10)12(14)19/h1-7,16H,(H2,14,19). The van der Waals surface area contributed by atoms with Gasteiger partial charge in [-0.1, -0.05) is 36.0 Å². The quantitative estimate of drug-likeness (QED) is 0.841. The highest BCUT2D eigenvalue weighted by Gasteiger charge is 2.21. The van der Waals surface area contributed by atoms with E-state index in [9.17, 15) is 8.42 Å². The number of anilines is 1. The molecule has 0 fully saturated rings. The van der Waals surface area contributed by atoms with E-state index in [1.165, 1.54) is 18.3 Å². The molecule has 1 heterocycles. The Morgan fingerprint density at radius 1 is 1.25 bits per heavy atom. The normalized spacial score (nSPS) is 11.1. The maximum atomic E-state index is 12.4. The largest absolute Gasteiger partial charge is 0.388 e. The molecule has 0 saturated heterocycles. The Bertz CT molecular complexity index is 763. The summed E-state index contributed by atoms with van der Waals surface area (Å²) in [5.74, 6) is 0. The van der Waals surface area contributed by atoms with E-state index < -0.39 is 10.0 Å². The fraction of sp³-hybridized carbons (Fsp3) is 0. The van der Waals surface area contributed by atoms with Gasteiger partial charge in [-0.15, -0.1) is 0 Å². The SMILES string of the molecule is NC(=S)c1ncccc1S(=O)(=O)Nc1ccccc1Cl. The van der Waals surface area contributed by atoms with Gasteiger partial charge in [0.1, 0.15) is 15.6 Å². The Labute approximate surface area is 126 Å². The molecule has 0 unspecified atom stereocenters. The zero-order valence-corrected chi connectivity index (χ0v) is 12.5. The molecule has 0 amide bonds. The van der Waals surface area contributed by atoms with E-state index in [4.69, 9.17) is 29.6 Å². The van der Waals surface area contributed by atoms with Crippen LogP contribution in [0.3, 0.4) is 0 Å². The summed E-state index contributed by atoms with van der Waals surface area (Å²) in [6, 6.07) is 9.36. The monoisotopic (exact) mass is 327 g/mol. The van der Waals surface area contributed by atoms with Gasteiger partial charge in [0.25, 0.3) is 10.0 Å². The van der Waals surface area contributed by atoms with Gasteiger partial charge in [0.15, 0.2) is 0 Å². The van der Waals surface area contributed by atoms with Crippen LogP contribution in [-0.2, 0) is 10.0 Å². The van der Waals surface area contributed by atoms with Crippen molar-refractivity contribution in [3.8, 4) is 0 Å². The third-order valence-corrected chi connectivity index (χ3v) is 4.33. The average molecular weight is 328 g/mol. The Morgan fingerprint density at radius 2 is 1.95 bits per heavy atom. The number of nitrogens with zero attached hydrogens (tertiary/aromatic N) is 1. The third-order valence-electron chi connectivity index (χ3n) is 2.41. The lowest BCUT2D eigenvalue weighted by atomic mass is 10.3. The van der Waals surface area contributed by atoms with Crippen LogP contribution in [0.25, 0.3) is 0 Å². The molecular weight excluding hydrogens is 318 g/mol. The zero-order valence-electron chi connectivity index (χ0n) is 10.1. The number of thiocarbonyl (C=S) groups is 1. The number of halogens is 1. The predicted molar refractivity (Wildman–Crippen MR) is 82.4 cm³/mol. The Hall–Kier alpha value is -1.70. The summed E-state index contributed by atoms with van der Waals surface area (Å²) < 4.78 is 27.1. The van der Waals surface area contributed by atoms with Crippen LogP contribution in [0, 0.1) is 0 Å². The number of para-hydroxylation sites is 1. The summed E-state index contributed by atoms with van der Waals surface area (Å²) in [6.07, 6.45) is 1.42. The fourth-order valence-corrected chi connectivity index (χ4v) is 3.25. The first-order valence-electron chi connectivity index (χ1n) is 5.44. The van der Waals surface area contributed by atoms with Crippen LogP contribution in [0.15, 0.2) is 47.5 Å². The van der Waals surface area contributed by atoms with Gasteiger partial charge in [0.05, 0.1) is 10.7 Å². The van der Waals surface area contributed by atoms with Gasteiger partial charge in [0.2, 0.25) is 0 Å². The van der Waals surface area contributed by atoms with Crippen molar-refractivity contribution in [2.24, 2.45) is 5.73 Å². The number of rotatable bonds is 4. The molecule has 5 nitrogen and oxygen atoms in total. The molecule has 1 aromatic carbocycles. The Morgan fingerprint density at radius 3 is 2.60 bits per heavy atom. The van der Waals surface area contributed by atoms with Gasteiger partial charge < -0.3 is 5.73 Å². The van der Waals surface area contributed by atoms with E-state index in [1.54, 1.807) is 24.3 Å². The van der Waals surface area contributed by atoms with Gasteiger partial charge in [-0.3, -0.25) is 9.71 Å². The van der Waals surface area contributed by atoms with Crippen LogP contribution >= 0.6 is 23.8 Å². The number of pyridine rings is 1. The summed E-state index contributed by atoms with van der Waals surface area (Å²) in [7, 11) is -3.88. The third kappa shape index (κ3) is 3.06. The molecule has 20 heavy (non-hydrogen) atoms. The van der Waals surface area contributed by atoms with Crippen molar-refractivity contribution in [2.75, 3.05) is 4.72 Å². The molecule has 0 aliphatic carbocycles. The molecule has 0 aliphatic heterocycles. The summed E-state index contributed by atoms with van der Waals surface area (Å²) in [4.78, 5) is 3.71. The maximum absolute atomic E-state index is 12.4. The predicted octanol–water partition coefficient (Wildman–Crippen LogP) is 2.17. The van der Waals surface area contributed by atoms with E-state index in [1.807, 2.05) is 0 Å². The summed E-state index contributed by atoms with van der Waals surface area (Å²) >= 11 is 10.7. The lowest BCUT2D eigenvalue weighted by Gasteiger charge is -2.11. The topological polar surface area (TPSA) is 85.1 Å². The van der Waals surface area contributed by atoms with E-state index >= 15 is 0 Å². The zero-order chi connectivity index (χ0) is 14.8. The minimum absolute atomic E-state index is 0.0436. The second-order valence-corrected chi connectivity index (χ2v) is 6.30. The summed E-state index contributed by atoms with van der Waals surface area (Å²) in [6.45, 7) is 0. The van der Waals surface area contributed by atoms with Crippen molar-refractivity contribution >= 4 is 44.5 Å². The Balaban J connectivity index is 2.47. The lowest BCUT2D eigenvalue weighted by Crippen LogP contribution is -2.21. The highest BCUT2D eigenvalue weighted by Crippen LogP contribution is 2.24. The van der Waals surface area contributed by atoms with Crippen LogP contribution < -0.4 is 10.5 Å². The smallest absolute Gasteiger partial charge is 0.264 e. The molecule has 2 rings (SSSR count). The second kappa shape index (κ2) is 5.74. The molecule has 1 aromatic heterocycles. The number of nitrogens with two attached hydrogens (primary N) is 1. The van der Waals surface area contributed by atoms with Crippen molar-refractivity contribution in [1.29, 1.82) is 0 Å². The van der Waals surface area contributed by atoms with E-state index in [-0.39, 0.29) is 26.3 Å². The molecule has 0 saturated carbocycles. The number of benzene rings is 1. The first-order valence-corrected chi connectivity index (χ1v) is 7.71. The van der Waals surface area contributed by atoms with Crippen LogP contribution in [0.2, 0.25) is 5.02 Å². The molecule has 2 aromatic rings. The van der Waals surface area contributed by atoms with Crippen molar-refractivity contribution < 1.29 is 8.42 Å². The highest BCUT2D eigenvalue weighted by atomic mass is 35.5. The highest BCUT2D eigenvalue weighted by molar-refractivity contribution is 7.93. The van der Waals surface area contributed by atoms with Crippen LogP contribution in [0.5, 0.6) is 0 Å². The number of hydrogen-bond acceptors (Lipinski definition) is 4. The molecule has 104 valence electrons. The first kappa shape index (κ1) is 14.7. The summed E-state index contributed by atoms with van der Waals surface area (Å²) in [5.41, 5.74) is 5.80. The number of sulfonamides is 1. The van der Waals surface area contributed by atoms with E-state index in [2.05, 4.69) is 9.71 Å². The van der Waals surface area contributed by atoms with Crippen LogP contribution in [-0.4, -0.2) is 18.4 Å². The molecule has 0 spiro atoms. The Kier molecular flexibility index (Phi) is 4.22. The van der Waals surface area contributed by atoms with Crippen LogP contribution in [0.4, 0.5) is 5.69 Å². The molecule has 8 heteroatoms. The van der Waals surface area contributed by atoms with Crippen molar-refractivity contribution in [2.45, 2.75) is 4.90 Å². The van der Waals surface area contributed by atoms with E-state index in [0.717, 1.165) is 0 Å². The molecule has 3 N–H and O–H groups in total. The lowest BCUT2D eigenvalue weighted by molar-refractivity contribution is 0.600. The van der Waals surface area contributed by atoms with Gasteiger partial charge >= 0.3 is 0 Å². The summed E-state index contributed by atoms with van der Waals surface area (Å²) in [5, 5.41) is 0.289. The van der Waals surface area contributed by atoms with Crippen molar-refractivity contribution in [3.63, 3.8) is 0 Å². The van der Waals surface area contributed by atoms with Gasteiger partial charge in [-0.25, -0.2) is 8.42 Å². The van der Waals surface area contributed by atoms with Gasteiger partial charge in [-0.05, 0) is 24.3 Å². The molecule has 0 aliphatic rings. The van der Waals surface area contributed by atoms with Gasteiger partial charge in [0, 0.05) is 6.20 Å². The fourth-order valence-electron chi connectivity index (χ4n) is 1.54. The number of hydrogen-bond donors (Lipinski definition) is 2. The van der Waals surface area contributed by atoms with E-state index in [0.29, 0.717) is 0 Å². The minimum atomic E-state index is -3.88. The number of nitrogens with one attached hydrogen (secondary N) is 1. The van der Waals surface area contributed by atoms with Crippen molar-refractivity contribution in [3.05, 3.63) is 53.3 Å². The van der Waals surface area contributed by atoms with Crippen LogP contribution in [0.1, 0.15) is 5.69 Å². The second-order valence-electron chi connectivity index (χ2n) is 3.80. The molecule has 0 atom stereocenters. The molecule has 0 bridgehead atoms.